The molecule has 2 aromatic rings. The van der Waals surface area contributed by atoms with Crippen LogP contribution in [0.3, 0.4) is 0 Å². The Morgan fingerprint density at radius 2 is 1.35 bits per heavy atom. The van der Waals surface area contributed by atoms with Gasteiger partial charge in [-0.05, 0) is 24.3 Å². The molecule has 0 bridgehead atoms. The highest BCUT2D eigenvalue weighted by atomic mass is 16.5. The van der Waals surface area contributed by atoms with Crippen LogP contribution in [0.25, 0.3) is 0 Å². The molecule has 0 atom stereocenters. The van der Waals surface area contributed by atoms with E-state index < -0.39 is 6.03 Å². The molecule has 2 aromatic carbocycles. The molecule has 0 aliphatic rings. The predicted octanol–water partition coefficient (Wildman–Crippen LogP) is 2.47. The molecule has 0 radical (unpaired) electrons. The third kappa shape index (κ3) is 5.59. The van der Waals surface area contributed by atoms with E-state index >= 15 is 0 Å². The number of benzene rings is 2. The molecule has 0 saturated carbocycles. The van der Waals surface area contributed by atoms with Crippen molar-refractivity contribution in [2.75, 3.05) is 38.5 Å². The Hall–Kier alpha value is -3.42. The van der Waals surface area contributed by atoms with Crippen molar-refractivity contribution >= 4 is 23.3 Å². The normalized spacial score (nSPS) is 9.81. The van der Waals surface area contributed by atoms with Gasteiger partial charge in [-0.15, -0.1) is 0 Å². The van der Waals surface area contributed by atoms with Gasteiger partial charge in [0, 0.05) is 29.6 Å². The fourth-order valence-electron chi connectivity index (χ4n) is 2.09. The predicted molar refractivity (Wildman–Crippen MR) is 98.2 cm³/mol. The van der Waals surface area contributed by atoms with E-state index in [9.17, 15) is 9.59 Å². The summed E-state index contributed by atoms with van der Waals surface area (Å²) in [6.07, 6.45) is 0. The quantitative estimate of drug-likeness (QED) is 0.705. The van der Waals surface area contributed by atoms with Crippen LogP contribution in [0.5, 0.6) is 17.2 Å². The number of carbonyl (C=O) groups excluding carboxylic acids is 2. The van der Waals surface area contributed by atoms with Crippen LogP contribution in [-0.2, 0) is 4.79 Å². The van der Waals surface area contributed by atoms with Gasteiger partial charge in [-0.3, -0.25) is 4.79 Å². The van der Waals surface area contributed by atoms with Gasteiger partial charge in [0.1, 0.15) is 17.2 Å². The molecule has 3 N–H and O–H groups in total. The lowest BCUT2D eigenvalue weighted by molar-refractivity contribution is -0.115. The first-order chi connectivity index (χ1) is 12.5. The molecule has 138 valence electrons. The second kappa shape index (κ2) is 9.16. The van der Waals surface area contributed by atoms with E-state index in [0.29, 0.717) is 28.6 Å². The number of rotatable bonds is 7. The molecule has 0 aliphatic heterocycles. The van der Waals surface area contributed by atoms with Gasteiger partial charge in [0.15, 0.2) is 0 Å². The van der Waals surface area contributed by atoms with Crippen molar-refractivity contribution < 1.29 is 23.8 Å². The van der Waals surface area contributed by atoms with Crippen LogP contribution in [0.2, 0.25) is 0 Å². The van der Waals surface area contributed by atoms with E-state index in [1.54, 1.807) is 49.6 Å². The summed E-state index contributed by atoms with van der Waals surface area (Å²) in [4.78, 5) is 23.9. The third-order valence-electron chi connectivity index (χ3n) is 3.39. The lowest BCUT2D eigenvalue weighted by Crippen LogP contribution is -2.35. The largest absolute Gasteiger partial charge is 0.497 e. The van der Waals surface area contributed by atoms with E-state index in [1.807, 2.05) is 0 Å². The van der Waals surface area contributed by atoms with Crippen LogP contribution < -0.4 is 30.2 Å². The Labute approximate surface area is 151 Å². The van der Waals surface area contributed by atoms with Crippen molar-refractivity contribution in [2.24, 2.45) is 0 Å². The van der Waals surface area contributed by atoms with Crippen LogP contribution in [0, 0.1) is 0 Å². The Morgan fingerprint density at radius 3 is 1.88 bits per heavy atom. The SMILES string of the molecule is COc1ccc(NC(=O)CNC(=O)Nc2cc(OC)cc(OC)c2)cc1. The zero-order chi connectivity index (χ0) is 18.9. The van der Waals surface area contributed by atoms with Gasteiger partial charge in [-0.25, -0.2) is 4.79 Å². The average Bonchev–Trinajstić information content (AvgIpc) is 2.66. The summed E-state index contributed by atoms with van der Waals surface area (Å²) in [6.45, 7) is -0.182. The summed E-state index contributed by atoms with van der Waals surface area (Å²) in [5.74, 6) is 1.41. The number of amides is 3. The van der Waals surface area contributed by atoms with Crippen LogP contribution in [0.4, 0.5) is 16.2 Å². The minimum Gasteiger partial charge on any atom is -0.497 e. The molecule has 0 heterocycles. The number of ether oxygens (including phenoxy) is 3. The second-order valence-corrected chi connectivity index (χ2v) is 5.19. The molecule has 0 spiro atoms. The lowest BCUT2D eigenvalue weighted by atomic mass is 10.3. The van der Waals surface area contributed by atoms with Crippen LogP contribution >= 0.6 is 0 Å². The molecule has 26 heavy (non-hydrogen) atoms. The van der Waals surface area contributed by atoms with E-state index in [4.69, 9.17) is 14.2 Å². The molecule has 8 nitrogen and oxygen atoms in total. The van der Waals surface area contributed by atoms with Crippen LogP contribution in [0.15, 0.2) is 42.5 Å². The van der Waals surface area contributed by atoms with Gasteiger partial charge in [0.05, 0.1) is 27.9 Å². The number of urea groups is 1. The molecule has 2 rings (SSSR count). The molecule has 0 saturated heterocycles. The van der Waals surface area contributed by atoms with Gasteiger partial charge in [0.2, 0.25) is 5.91 Å². The van der Waals surface area contributed by atoms with Crippen molar-refractivity contribution in [2.45, 2.75) is 0 Å². The highest BCUT2D eigenvalue weighted by molar-refractivity contribution is 5.97. The number of hydrogen-bond donors (Lipinski definition) is 3. The Bertz CT molecular complexity index is 740. The van der Waals surface area contributed by atoms with E-state index in [1.165, 1.54) is 14.2 Å². The summed E-state index contributed by atoms with van der Waals surface area (Å²) in [6, 6.07) is 11.3. The highest BCUT2D eigenvalue weighted by Crippen LogP contribution is 2.25. The smallest absolute Gasteiger partial charge is 0.319 e. The molecule has 0 fully saturated rings. The van der Waals surface area contributed by atoms with Gasteiger partial charge in [-0.1, -0.05) is 0 Å². The van der Waals surface area contributed by atoms with Gasteiger partial charge < -0.3 is 30.2 Å². The van der Waals surface area contributed by atoms with Crippen molar-refractivity contribution in [3.05, 3.63) is 42.5 Å². The summed E-state index contributed by atoms with van der Waals surface area (Å²) in [5, 5.41) is 7.77. The van der Waals surface area contributed by atoms with Crippen LogP contribution in [0.1, 0.15) is 0 Å². The van der Waals surface area contributed by atoms with Gasteiger partial charge in [-0.2, -0.15) is 0 Å². The summed E-state index contributed by atoms with van der Waals surface area (Å²) in [5.41, 5.74) is 1.09. The maximum atomic E-state index is 12.0. The minimum atomic E-state index is -0.523. The molecule has 0 aromatic heterocycles. The Morgan fingerprint density at radius 1 is 0.769 bits per heavy atom. The number of hydrogen-bond acceptors (Lipinski definition) is 5. The van der Waals surface area contributed by atoms with E-state index in [0.717, 1.165) is 0 Å². The van der Waals surface area contributed by atoms with Crippen molar-refractivity contribution in [1.29, 1.82) is 0 Å². The summed E-state index contributed by atoms with van der Waals surface area (Å²) < 4.78 is 15.3. The van der Waals surface area contributed by atoms with Gasteiger partial charge >= 0.3 is 6.03 Å². The fraction of sp³-hybridized carbons (Fsp3) is 0.222. The number of methoxy groups -OCH3 is 3. The first-order valence-electron chi connectivity index (χ1n) is 7.76. The first kappa shape index (κ1) is 18.9. The molecular formula is C18H21N3O5. The molecule has 8 heteroatoms. The van der Waals surface area contributed by atoms with E-state index in [-0.39, 0.29) is 12.5 Å². The maximum absolute atomic E-state index is 12.0. The standard InChI is InChI=1S/C18H21N3O5/c1-24-14-6-4-12(5-7-14)20-17(22)11-19-18(23)21-13-8-15(25-2)10-16(9-13)26-3/h4-10H,11H2,1-3H3,(H,20,22)(H2,19,21,23). The Balaban J connectivity index is 1.85. The summed E-state index contributed by atoms with van der Waals surface area (Å²) in [7, 11) is 4.60. The maximum Gasteiger partial charge on any atom is 0.319 e. The number of carbonyl (C=O) groups is 2. The van der Waals surface area contributed by atoms with Gasteiger partial charge in [0.25, 0.3) is 0 Å². The van der Waals surface area contributed by atoms with E-state index in [2.05, 4.69) is 16.0 Å². The molecular weight excluding hydrogens is 338 g/mol. The minimum absolute atomic E-state index is 0.182. The lowest BCUT2D eigenvalue weighted by Gasteiger charge is -2.11. The van der Waals surface area contributed by atoms with Crippen molar-refractivity contribution in [3.63, 3.8) is 0 Å². The fourth-order valence-corrected chi connectivity index (χ4v) is 2.09. The number of anilines is 2. The number of nitrogens with one attached hydrogen (secondary N) is 3. The Kier molecular flexibility index (Phi) is 6.67. The average molecular weight is 359 g/mol. The topological polar surface area (TPSA) is 97.9 Å². The van der Waals surface area contributed by atoms with Crippen LogP contribution in [-0.4, -0.2) is 39.8 Å². The zero-order valence-electron chi connectivity index (χ0n) is 14.8. The zero-order valence-corrected chi connectivity index (χ0v) is 14.8. The second-order valence-electron chi connectivity index (χ2n) is 5.19. The monoisotopic (exact) mass is 359 g/mol. The molecule has 0 unspecified atom stereocenters. The summed E-state index contributed by atoms with van der Waals surface area (Å²) >= 11 is 0. The van der Waals surface area contributed by atoms with Crippen molar-refractivity contribution in [3.8, 4) is 17.2 Å². The highest BCUT2D eigenvalue weighted by Gasteiger charge is 2.08. The molecule has 0 aliphatic carbocycles. The third-order valence-corrected chi connectivity index (χ3v) is 3.39. The van der Waals surface area contributed by atoms with Crippen molar-refractivity contribution in [1.82, 2.24) is 5.32 Å². The molecule has 3 amide bonds. The first-order valence-corrected chi connectivity index (χ1v) is 7.76.